The molecule has 1 aromatic carbocycles. The van der Waals surface area contributed by atoms with Crippen molar-refractivity contribution in [2.45, 2.75) is 38.4 Å². The molecule has 1 aromatic rings. The molecule has 0 bridgehead atoms. The molecule has 1 fully saturated rings. The summed E-state index contributed by atoms with van der Waals surface area (Å²) in [5, 5.41) is 7.37. The molecule has 17 heavy (non-hydrogen) atoms. The van der Waals surface area contributed by atoms with Gasteiger partial charge in [0.2, 0.25) is 0 Å². The molecule has 0 aromatic heterocycles. The maximum Gasteiger partial charge on any atom is 0.122 e. The van der Waals surface area contributed by atoms with Gasteiger partial charge in [-0.05, 0) is 24.5 Å². The molecule has 3 N–H and O–H groups in total. The third-order valence-electron chi connectivity index (χ3n) is 3.03. The standard InChI is InChI=1S/C13H18N2O.ClH/c14-13(15)11-5-3-4-10(8-11)9-16-12-6-1-2-7-12;/h3-5,8,12H,1-2,6-7,9H2,(H3,14,15);1H. The van der Waals surface area contributed by atoms with E-state index < -0.39 is 0 Å². The van der Waals surface area contributed by atoms with Crippen LogP contribution in [0, 0.1) is 5.41 Å². The summed E-state index contributed by atoms with van der Waals surface area (Å²) < 4.78 is 5.81. The van der Waals surface area contributed by atoms with Gasteiger partial charge < -0.3 is 10.5 Å². The summed E-state index contributed by atoms with van der Waals surface area (Å²) in [7, 11) is 0. The molecular formula is C13H19ClN2O. The van der Waals surface area contributed by atoms with Crippen LogP contribution in [0.3, 0.4) is 0 Å². The van der Waals surface area contributed by atoms with E-state index in [0.29, 0.717) is 12.7 Å². The van der Waals surface area contributed by atoms with Crippen LogP contribution in [0.1, 0.15) is 36.8 Å². The number of hydrogen-bond acceptors (Lipinski definition) is 2. The Kier molecular flexibility index (Phi) is 5.45. The molecule has 0 radical (unpaired) electrons. The van der Waals surface area contributed by atoms with Crippen molar-refractivity contribution >= 4 is 18.2 Å². The summed E-state index contributed by atoms with van der Waals surface area (Å²) in [6, 6.07) is 7.71. The Balaban J connectivity index is 0.00000144. The SMILES string of the molecule is Cl.N=C(N)c1cccc(COC2CCCC2)c1. The summed E-state index contributed by atoms with van der Waals surface area (Å²) in [5.41, 5.74) is 7.31. The smallest absolute Gasteiger partial charge is 0.122 e. The topological polar surface area (TPSA) is 59.1 Å². The first-order chi connectivity index (χ1) is 7.75. The van der Waals surface area contributed by atoms with E-state index in [9.17, 15) is 0 Å². The van der Waals surface area contributed by atoms with Gasteiger partial charge >= 0.3 is 0 Å². The van der Waals surface area contributed by atoms with Crippen molar-refractivity contribution in [3.05, 3.63) is 35.4 Å². The predicted molar refractivity (Wildman–Crippen MR) is 71.8 cm³/mol. The van der Waals surface area contributed by atoms with Gasteiger partial charge in [-0.25, -0.2) is 0 Å². The predicted octanol–water partition coefficient (Wildman–Crippen LogP) is 2.85. The Morgan fingerprint density at radius 3 is 2.71 bits per heavy atom. The lowest BCUT2D eigenvalue weighted by molar-refractivity contribution is 0.0457. The van der Waals surface area contributed by atoms with E-state index in [1.807, 2.05) is 24.3 Å². The number of ether oxygens (including phenoxy) is 1. The molecule has 0 heterocycles. The number of benzene rings is 1. The molecule has 0 unspecified atom stereocenters. The highest BCUT2D eigenvalue weighted by molar-refractivity contribution is 5.95. The van der Waals surface area contributed by atoms with E-state index in [2.05, 4.69) is 0 Å². The minimum absolute atomic E-state index is 0. The Bertz CT molecular complexity index is 375. The van der Waals surface area contributed by atoms with Crippen LogP contribution in [-0.2, 0) is 11.3 Å². The second-order valence-electron chi connectivity index (χ2n) is 4.33. The fourth-order valence-corrected chi connectivity index (χ4v) is 2.10. The second kappa shape index (κ2) is 6.62. The van der Waals surface area contributed by atoms with Crippen LogP contribution in [0.4, 0.5) is 0 Å². The average Bonchev–Trinajstić information content (AvgIpc) is 2.79. The zero-order valence-corrected chi connectivity index (χ0v) is 10.6. The highest BCUT2D eigenvalue weighted by atomic mass is 35.5. The minimum atomic E-state index is 0. The highest BCUT2D eigenvalue weighted by Gasteiger charge is 2.15. The fraction of sp³-hybridized carbons (Fsp3) is 0.462. The zero-order chi connectivity index (χ0) is 11.4. The zero-order valence-electron chi connectivity index (χ0n) is 9.82. The molecule has 1 aliphatic rings. The maximum atomic E-state index is 7.37. The van der Waals surface area contributed by atoms with Gasteiger partial charge in [-0.1, -0.05) is 31.0 Å². The summed E-state index contributed by atoms with van der Waals surface area (Å²) >= 11 is 0. The summed E-state index contributed by atoms with van der Waals surface area (Å²) in [6.45, 7) is 0.631. The quantitative estimate of drug-likeness (QED) is 0.641. The van der Waals surface area contributed by atoms with Crippen LogP contribution in [0.15, 0.2) is 24.3 Å². The lowest BCUT2D eigenvalue weighted by atomic mass is 10.1. The van der Waals surface area contributed by atoms with E-state index in [0.717, 1.165) is 11.1 Å². The van der Waals surface area contributed by atoms with Crippen LogP contribution in [0.25, 0.3) is 0 Å². The molecule has 94 valence electrons. The minimum Gasteiger partial charge on any atom is -0.384 e. The Labute approximate surface area is 108 Å². The molecule has 1 aliphatic carbocycles. The molecule has 3 nitrogen and oxygen atoms in total. The maximum absolute atomic E-state index is 7.37. The first kappa shape index (κ1) is 14.0. The summed E-state index contributed by atoms with van der Waals surface area (Å²) in [6.07, 6.45) is 5.38. The third kappa shape index (κ3) is 4.02. The van der Waals surface area contributed by atoms with E-state index in [4.69, 9.17) is 15.9 Å². The molecule has 1 saturated carbocycles. The number of halogens is 1. The Morgan fingerprint density at radius 1 is 1.35 bits per heavy atom. The first-order valence-corrected chi connectivity index (χ1v) is 5.80. The van der Waals surface area contributed by atoms with Gasteiger partial charge in [0.25, 0.3) is 0 Å². The largest absolute Gasteiger partial charge is 0.384 e. The Hall–Kier alpha value is -1.06. The number of amidine groups is 1. The van der Waals surface area contributed by atoms with E-state index in [1.54, 1.807) is 0 Å². The van der Waals surface area contributed by atoms with Crippen LogP contribution in [-0.4, -0.2) is 11.9 Å². The Morgan fingerprint density at radius 2 is 2.06 bits per heavy atom. The molecule has 0 saturated heterocycles. The van der Waals surface area contributed by atoms with Crippen molar-refractivity contribution < 1.29 is 4.74 Å². The molecule has 0 atom stereocenters. The van der Waals surface area contributed by atoms with Gasteiger partial charge in [-0.2, -0.15) is 0 Å². The van der Waals surface area contributed by atoms with Gasteiger partial charge in [0.1, 0.15) is 5.84 Å². The molecule has 0 aliphatic heterocycles. The van der Waals surface area contributed by atoms with Crippen LogP contribution >= 0.6 is 12.4 Å². The van der Waals surface area contributed by atoms with E-state index in [-0.39, 0.29) is 18.2 Å². The van der Waals surface area contributed by atoms with Crippen molar-refractivity contribution in [2.24, 2.45) is 5.73 Å². The molecule has 0 spiro atoms. The van der Waals surface area contributed by atoms with Crippen LogP contribution < -0.4 is 5.73 Å². The van der Waals surface area contributed by atoms with Crippen LogP contribution in [0.5, 0.6) is 0 Å². The number of hydrogen-bond donors (Lipinski definition) is 2. The van der Waals surface area contributed by atoms with Crippen molar-refractivity contribution in [2.75, 3.05) is 0 Å². The fourth-order valence-electron chi connectivity index (χ4n) is 2.10. The summed E-state index contributed by atoms with van der Waals surface area (Å²) in [4.78, 5) is 0. The average molecular weight is 255 g/mol. The summed E-state index contributed by atoms with van der Waals surface area (Å²) in [5.74, 6) is 0.114. The van der Waals surface area contributed by atoms with Crippen molar-refractivity contribution in [3.63, 3.8) is 0 Å². The third-order valence-corrected chi connectivity index (χ3v) is 3.03. The van der Waals surface area contributed by atoms with Gasteiger partial charge in [0.05, 0.1) is 12.7 Å². The second-order valence-corrected chi connectivity index (χ2v) is 4.33. The van der Waals surface area contributed by atoms with Gasteiger partial charge in [-0.3, -0.25) is 5.41 Å². The highest BCUT2D eigenvalue weighted by Crippen LogP contribution is 2.22. The van der Waals surface area contributed by atoms with Crippen molar-refractivity contribution in [1.82, 2.24) is 0 Å². The van der Waals surface area contributed by atoms with Gasteiger partial charge in [0, 0.05) is 5.56 Å². The first-order valence-electron chi connectivity index (χ1n) is 5.80. The van der Waals surface area contributed by atoms with E-state index >= 15 is 0 Å². The van der Waals surface area contributed by atoms with Gasteiger partial charge in [-0.15, -0.1) is 12.4 Å². The van der Waals surface area contributed by atoms with Gasteiger partial charge in [0.15, 0.2) is 0 Å². The molecular weight excluding hydrogens is 236 g/mol. The lowest BCUT2D eigenvalue weighted by Gasteiger charge is -2.11. The number of nitrogen functional groups attached to an aromatic ring is 1. The van der Waals surface area contributed by atoms with Crippen LogP contribution in [0.2, 0.25) is 0 Å². The lowest BCUT2D eigenvalue weighted by Crippen LogP contribution is -2.12. The molecule has 2 rings (SSSR count). The van der Waals surface area contributed by atoms with Crippen molar-refractivity contribution in [3.8, 4) is 0 Å². The normalized spacial score (nSPS) is 15.5. The number of nitrogens with two attached hydrogens (primary N) is 1. The monoisotopic (exact) mass is 254 g/mol. The van der Waals surface area contributed by atoms with E-state index in [1.165, 1.54) is 25.7 Å². The molecule has 0 amide bonds. The molecule has 4 heteroatoms. The number of rotatable bonds is 4. The number of nitrogens with one attached hydrogen (secondary N) is 1. The van der Waals surface area contributed by atoms with Crippen molar-refractivity contribution in [1.29, 1.82) is 5.41 Å².